The Morgan fingerprint density at radius 1 is 1.08 bits per heavy atom. The van der Waals surface area contributed by atoms with E-state index in [0.29, 0.717) is 31.6 Å². The second kappa shape index (κ2) is 10.3. The number of unbranched alkanes of at least 4 members (excludes halogenated alkanes) is 2. The van der Waals surface area contributed by atoms with Crippen molar-refractivity contribution in [2.75, 3.05) is 25.0 Å². The second-order valence-corrected chi connectivity index (χ2v) is 12.8. The van der Waals surface area contributed by atoms with E-state index >= 15 is 0 Å². The summed E-state index contributed by atoms with van der Waals surface area (Å²) in [6.45, 7) is 5.26. The number of thioether (sulfide) groups is 1. The van der Waals surface area contributed by atoms with Crippen molar-refractivity contribution in [3.63, 3.8) is 0 Å². The average molecular weight is 524 g/mol. The highest BCUT2D eigenvalue weighted by atomic mass is 32.2. The Morgan fingerprint density at radius 2 is 1.86 bits per heavy atom. The molecule has 0 radical (unpaired) electrons. The Bertz CT molecular complexity index is 1200. The van der Waals surface area contributed by atoms with Gasteiger partial charge in [0.05, 0.1) is 16.6 Å². The maximum Gasteiger partial charge on any atom is 0.248 e. The summed E-state index contributed by atoms with van der Waals surface area (Å²) in [4.78, 5) is 43.1. The lowest BCUT2D eigenvalue weighted by atomic mass is 9.66. The molecule has 2 bridgehead atoms. The third kappa shape index (κ3) is 4.42. The van der Waals surface area contributed by atoms with E-state index in [1.54, 1.807) is 16.7 Å². The molecule has 8 heteroatoms. The number of aliphatic hydroxyl groups excluding tert-OH is 1. The fraction of sp³-hybridized carbons (Fsp3) is 0.552. The lowest BCUT2D eigenvalue weighted by Gasteiger charge is -2.34. The number of rotatable bonds is 10. The summed E-state index contributed by atoms with van der Waals surface area (Å²) >= 11 is 1.70. The maximum atomic E-state index is 14.0. The van der Waals surface area contributed by atoms with Gasteiger partial charge in [-0.05, 0) is 68.4 Å². The fourth-order valence-corrected chi connectivity index (χ4v) is 9.13. The maximum absolute atomic E-state index is 14.0. The molecule has 37 heavy (non-hydrogen) atoms. The van der Waals surface area contributed by atoms with Crippen LogP contribution in [0.2, 0.25) is 0 Å². The Kier molecular flexibility index (Phi) is 7.24. The Labute approximate surface area is 222 Å². The van der Waals surface area contributed by atoms with Gasteiger partial charge in [0.15, 0.2) is 0 Å². The summed E-state index contributed by atoms with van der Waals surface area (Å²) in [5.74, 6) is -1.26. The minimum Gasteiger partial charge on any atom is -0.396 e. The summed E-state index contributed by atoms with van der Waals surface area (Å²) < 4.78 is -0.972. The van der Waals surface area contributed by atoms with Crippen molar-refractivity contribution in [1.82, 2.24) is 10.2 Å². The highest BCUT2D eigenvalue weighted by molar-refractivity contribution is 8.02. The molecule has 3 saturated heterocycles. The number of hydrogen-bond donors (Lipinski definition) is 3. The van der Waals surface area contributed by atoms with Crippen LogP contribution in [0.25, 0.3) is 10.8 Å². The van der Waals surface area contributed by atoms with Crippen molar-refractivity contribution in [2.45, 2.75) is 67.9 Å². The molecule has 3 heterocycles. The van der Waals surface area contributed by atoms with Crippen LogP contribution in [0.5, 0.6) is 0 Å². The number of amides is 3. The molecule has 3 aliphatic rings. The molecule has 198 valence electrons. The largest absolute Gasteiger partial charge is 0.396 e. The van der Waals surface area contributed by atoms with E-state index < -0.39 is 22.6 Å². The number of aliphatic hydroxyl groups is 1. The molecule has 5 rings (SSSR count). The molecule has 0 aliphatic carbocycles. The van der Waals surface area contributed by atoms with E-state index in [-0.39, 0.29) is 29.1 Å². The first kappa shape index (κ1) is 26.0. The second-order valence-electron chi connectivity index (χ2n) is 10.9. The number of likely N-dealkylation sites (tertiary alicyclic amines) is 1. The van der Waals surface area contributed by atoms with Crippen molar-refractivity contribution in [2.24, 2.45) is 11.8 Å². The SMILES string of the molecule is CCCNC(=O)[C@H]1[C@H]2C(=O)N(CCCCCO)C(C(=O)Nc3ccc4ccccc4c3)C23CC[C@]1(C)S3. The molecule has 5 atom stereocenters. The van der Waals surface area contributed by atoms with Crippen LogP contribution in [0, 0.1) is 11.8 Å². The molecule has 2 aromatic rings. The predicted molar refractivity (Wildman–Crippen MR) is 147 cm³/mol. The molecule has 3 fully saturated rings. The van der Waals surface area contributed by atoms with Gasteiger partial charge in [0.2, 0.25) is 17.7 Å². The molecule has 3 amide bonds. The minimum absolute atomic E-state index is 0.0624. The lowest BCUT2D eigenvalue weighted by Crippen LogP contribution is -2.52. The van der Waals surface area contributed by atoms with Crippen molar-refractivity contribution in [3.8, 4) is 0 Å². The van der Waals surface area contributed by atoms with E-state index in [1.807, 2.05) is 49.4 Å². The molecule has 2 unspecified atom stereocenters. The first-order valence-corrected chi connectivity index (χ1v) is 14.3. The van der Waals surface area contributed by atoms with Gasteiger partial charge in [-0.25, -0.2) is 0 Å². The average Bonchev–Trinajstić information content (AvgIpc) is 3.45. The molecule has 0 aromatic heterocycles. The minimum atomic E-state index is -0.638. The third-order valence-corrected chi connectivity index (χ3v) is 10.4. The number of benzene rings is 2. The van der Waals surface area contributed by atoms with Gasteiger partial charge in [0.1, 0.15) is 6.04 Å². The number of fused-ring (bicyclic) bond motifs is 2. The number of carbonyl (C=O) groups excluding carboxylic acids is 3. The normalized spacial score (nSPS) is 30.1. The molecule has 2 aromatic carbocycles. The van der Waals surface area contributed by atoms with Gasteiger partial charge in [-0.2, -0.15) is 0 Å². The van der Waals surface area contributed by atoms with Crippen LogP contribution in [0.4, 0.5) is 5.69 Å². The molecular formula is C29H37N3O4S. The van der Waals surface area contributed by atoms with E-state index in [4.69, 9.17) is 0 Å². The van der Waals surface area contributed by atoms with Gasteiger partial charge in [-0.1, -0.05) is 37.3 Å². The number of hydrogen-bond acceptors (Lipinski definition) is 5. The topological polar surface area (TPSA) is 98.7 Å². The zero-order valence-corrected chi connectivity index (χ0v) is 22.5. The highest BCUT2D eigenvalue weighted by Crippen LogP contribution is 2.71. The Morgan fingerprint density at radius 3 is 2.62 bits per heavy atom. The van der Waals surface area contributed by atoms with Crippen LogP contribution in [0.1, 0.15) is 52.4 Å². The molecule has 1 spiro atoms. The third-order valence-electron chi connectivity index (χ3n) is 8.43. The number of nitrogens with one attached hydrogen (secondary N) is 2. The molecule has 7 nitrogen and oxygen atoms in total. The fourth-order valence-electron chi connectivity index (χ4n) is 6.77. The van der Waals surface area contributed by atoms with Gasteiger partial charge >= 0.3 is 0 Å². The zero-order chi connectivity index (χ0) is 26.2. The van der Waals surface area contributed by atoms with Gasteiger partial charge < -0.3 is 20.6 Å². The smallest absolute Gasteiger partial charge is 0.248 e. The van der Waals surface area contributed by atoms with Crippen molar-refractivity contribution in [1.29, 1.82) is 0 Å². The molecule has 0 saturated carbocycles. The van der Waals surface area contributed by atoms with Crippen LogP contribution < -0.4 is 10.6 Å². The number of carbonyl (C=O) groups is 3. The van der Waals surface area contributed by atoms with Gasteiger partial charge in [-0.15, -0.1) is 11.8 Å². The van der Waals surface area contributed by atoms with Crippen LogP contribution in [0.15, 0.2) is 42.5 Å². The zero-order valence-electron chi connectivity index (χ0n) is 21.7. The summed E-state index contributed by atoms with van der Waals surface area (Å²) in [6.07, 6.45) is 4.54. The van der Waals surface area contributed by atoms with Crippen molar-refractivity contribution >= 4 is 45.9 Å². The summed E-state index contributed by atoms with van der Waals surface area (Å²) in [7, 11) is 0. The van der Waals surface area contributed by atoms with Gasteiger partial charge in [-0.3, -0.25) is 14.4 Å². The van der Waals surface area contributed by atoms with Gasteiger partial charge in [0.25, 0.3) is 0 Å². The molecule has 3 aliphatic heterocycles. The summed E-state index contributed by atoms with van der Waals surface area (Å²) in [5.41, 5.74) is 0.706. The molecular weight excluding hydrogens is 486 g/mol. The number of anilines is 1. The quantitative estimate of drug-likeness (QED) is 0.410. The number of nitrogens with zero attached hydrogens (tertiary/aromatic N) is 1. The van der Waals surface area contributed by atoms with E-state index in [2.05, 4.69) is 17.6 Å². The standard InChI is InChI=1S/C29H37N3O4S/c1-3-15-30-25(34)22-23-27(36)32(16-7-4-8-17-33)24(29(23)14-13-28(22,2)37-29)26(35)31-21-12-11-19-9-5-6-10-20(19)18-21/h5-6,9-12,18,22-24,33H,3-4,7-8,13-17H2,1-2H3,(H,30,34)(H,31,35)/t22-,23+,24?,28+,29?/m1/s1. The summed E-state index contributed by atoms with van der Waals surface area (Å²) in [5, 5.41) is 17.5. The summed E-state index contributed by atoms with van der Waals surface area (Å²) in [6, 6.07) is 13.2. The first-order chi connectivity index (χ1) is 17.8. The van der Waals surface area contributed by atoms with Crippen LogP contribution in [0.3, 0.4) is 0 Å². The predicted octanol–water partition coefficient (Wildman–Crippen LogP) is 3.95. The van der Waals surface area contributed by atoms with Crippen LogP contribution in [-0.2, 0) is 14.4 Å². The molecule has 3 N–H and O–H groups in total. The Hall–Kier alpha value is -2.58. The van der Waals surface area contributed by atoms with E-state index in [0.717, 1.165) is 36.5 Å². The Balaban J connectivity index is 1.47. The van der Waals surface area contributed by atoms with Gasteiger partial charge in [0, 0.05) is 30.1 Å². The van der Waals surface area contributed by atoms with Crippen molar-refractivity contribution in [3.05, 3.63) is 42.5 Å². The van der Waals surface area contributed by atoms with E-state index in [9.17, 15) is 19.5 Å². The van der Waals surface area contributed by atoms with Crippen molar-refractivity contribution < 1.29 is 19.5 Å². The van der Waals surface area contributed by atoms with E-state index in [1.165, 1.54) is 0 Å². The lowest BCUT2D eigenvalue weighted by molar-refractivity contribution is -0.140. The van der Waals surface area contributed by atoms with Crippen LogP contribution >= 0.6 is 11.8 Å². The highest BCUT2D eigenvalue weighted by Gasteiger charge is 2.76. The van der Waals surface area contributed by atoms with Crippen LogP contribution in [-0.4, -0.2) is 63.0 Å². The first-order valence-electron chi connectivity index (χ1n) is 13.5. The monoisotopic (exact) mass is 523 g/mol.